The highest BCUT2D eigenvalue weighted by Crippen LogP contribution is 2.23. The van der Waals surface area contributed by atoms with Gasteiger partial charge in [0.15, 0.2) is 9.84 Å². The first-order chi connectivity index (χ1) is 10.7. The molecule has 2 rings (SSSR count). The summed E-state index contributed by atoms with van der Waals surface area (Å²) < 4.78 is 25.1. The number of carbonyl (C=O) groups excluding carboxylic acids is 1. The summed E-state index contributed by atoms with van der Waals surface area (Å²) in [5, 5.41) is -0.533. The zero-order valence-electron chi connectivity index (χ0n) is 13.8. The molecule has 0 radical (unpaired) electrons. The summed E-state index contributed by atoms with van der Waals surface area (Å²) in [5.74, 6) is 0.362. The highest BCUT2D eigenvalue weighted by atomic mass is 35.5. The van der Waals surface area contributed by atoms with Gasteiger partial charge in [-0.15, -0.1) is 0 Å². The molecule has 1 heterocycles. The SMILES string of the molecule is CC1CC(C)CN(C(=O)C(C)S(=O)(=O)Cc2cccc(Cl)c2)C1. The molecular weight excluding hydrogens is 334 g/mol. The summed E-state index contributed by atoms with van der Waals surface area (Å²) in [6.07, 6.45) is 1.08. The number of hydrogen-bond acceptors (Lipinski definition) is 3. The summed E-state index contributed by atoms with van der Waals surface area (Å²) in [6, 6.07) is 6.75. The second-order valence-electron chi connectivity index (χ2n) is 6.77. The minimum Gasteiger partial charge on any atom is -0.341 e. The summed E-state index contributed by atoms with van der Waals surface area (Å²) >= 11 is 5.90. The first-order valence-corrected chi connectivity index (χ1v) is 10.0. The van der Waals surface area contributed by atoms with Crippen LogP contribution in [0.5, 0.6) is 0 Å². The van der Waals surface area contributed by atoms with Gasteiger partial charge in [0.2, 0.25) is 5.91 Å². The standard InChI is InChI=1S/C17H24ClNO3S/c1-12-7-13(2)10-19(9-12)17(20)14(3)23(21,22)11-15-5-4-6-16(18)8-15/h4-6,8,12-14H,7,9-11H2,1-3H3. The molecule has 1 aromatic rings. The van der Waals surface area contributed by atoms with E-state index in [4.69, 9.17) is 11.6 Å². The Kier molecular flexibility index (Phi) is 5.74. The Balaban J connectivity index is 2.11. The van der Waals surface area contributed by atoms with Crippen LogP contribution in [0.25, 0.3) is 0 Å². The van der Waals surface area contributed by atoms with Crippen LogP contribution in [0.1, 0.15) is 32.8 Å². The molecule has 1 amide bonds. The minimum atomic E-state index is -3.56. The number of nitrogens with zero attached hydrogens (tertiary/aromatic N) is 1. The molecule has 0 saturated carbocycles. The summed E-state index contributed by atoms with van der Waals surface area (Å²) in [6.45, 7) is 6.97. The van der Waals surface area contributed by atoms with Gasteiger partial charge in [0.25, 0.3) is 0 Å². The molecule has 1 aromatic carbocycles. The number of carbonyl (C=O) groups is 1. The van der Waals surface area contributed by atoms with E-state index in [1.807, 2.05) is 0 Å². The first-order valence-electron chi connectivity index (χ1n) is 7.94. The quantitative estimate of drug-likeness (QED) is 0.831. The molecule has 0 spiro atoms. The molecule has 6 heteroatoms. The van der Waals surface area contributed by atoms with Crippen molar-refractivity contribution in [3.05, 3.63) is 34.9 Å². The molecule has 1 saturated heterocycles. The Morgan fingerprint density at radius 1 is 1.30 bits per heavy atom. The smallest absolute Gasteiger partial charge is 0.240 e. The van der Waals surface area contributed by atoms with Crippen LogP contribution in [0.4, 0.5) is 0 Å². The lowest BCUT2D eigenvalue weighted by molar-refractivity contribution is -0.133. The topological polar surface area (TPSA) is 54.5 Å². The predicted octanol–water partition coefficient (Wildman–Crippen LogP) is 3.15. The number of benzene rings is 1. The van der Waals surface area contributed by atoms with Gasteiger partial charge in [0, 0.05) is 18.1 Å². The van der Waals surface area contributed by atoms with Crippen molar-refractivity contribution in [1.82, 2.24) is 4.90 Å². The normalized spacial score (nSPS) is 23.6. The molecule has 0 aromatic heterocycles. The zero-order valence-corrected chi connectivity index (χ0v) is 15.4. The van der Waals surface area contributed by atoms with Crippen molar-refractivity contribution in [3.8, 4) is 0 Å². The number of halogens is 1. The zero-order chi connectivity index (χ0) is 17.2. The second kappa shape index (κ2) is 7.22. The molecule has 1 aliphatic rings. The fourth-order valence-corrected chi connectivity index (χ4v) is 4.80. The van der Waals surface area contributed by atoms with E-state index in [9.17, 15) is 13.2 Å². The Bertz CT molecular complexity index is 664. The minimum absolute atomic E-state index is 0.167. The third kappa shape index (κ3) is 4.70. The van der Waals surface area contributed by atoms with Gasteiger partial charge in [-0.25, -0.2) is 8.42 Å². The average Bonchev–Trinajstić information content (AvgIpc) is 2.44. The average molecular weight is 358 g/mol. The van der Waals surface area contributed by atoms with Gasteiger partial charge in [0.1, 0.15) is 5.25 Å². The van der Waals surface area contributed by atoms with Crippen LogP contribution >= 0.6 is 11.6 Å². The van der Waals surface area contributed by atoms with E-state index in [1.165, 1.54) is 6.92 Å². The molecule has 1 aliphatic heterocycles. The molecule has 4 nitrogen and oxygen atoms in total. The molecule has 0 aliphatic carbocycles. The van der Waals surface area contributed by atoms with Crippen molar-refractivity contribution in [2.24, 2.45) is 11.8 Å². The third-order valence-corrected chi connectivity index (χ3v) is 6.57. The van der Waals surface area contributed by atoms with Crippen LogP contribution < -0.4 is 0 Å². The van der Waals surface area contributed by atoms with E-state index in [-0.39, 0.29) is 11.7 Å². The van der Waals surface area contributed by atoms with Gasteiger partial charge in [-0.2, -0.15) is 0 Å². The van der Waals surface area contributed by atoms with Gasteiger partial charge >= 0.3 is 0 Å². The molecule has 3 unspecified atom stereocenters. The Hall–Kier alpha value is -1.07. The van der Waals surface area contributed by atoms with Crippen molar-refractivity contribution in [2.45, 2.75) is 38.2 Å². The van der Waals surface area contributed by atoms with Gasteiger partial charge in [0.05, 0.1) is 5.75 Å². The van der Waals surface area contributed by atoms with Gasteiger partial charge in [-0.3, -0.25) is 4.79 Å². The third-order valence-electron chi connectivity index (χ3n) is 4.32. The van der Waals surface area contributed by atoms with Crippen molar-refractivity contribution in [3.63, 3.8) is 0 Å². The monoisotopic (exact) mass is 357 g/mol. The molecule has 0 bridgehead atoms. The van der Waals surface area contributed by atoms with E-state index >= 15 is 0 Å². The lowest BCUT2D eigenvalue weighted by atomic mass is 9.92. The van der Waals surface area contributed by atoms with Crippen LogP contribution in [-0.2, 0) is 20.4 Å². The summed E-state index contributed by atoms with van der Waals surface area (Å²) in [4.78, 5) is 14.3. The number of likely N-dealkylation sites (tertiary alicyclic amines) is 1. The van der Waals surface area contributed by atoms with Crippen molar-refractivity contribution >= 4 is 27.3 Å². The van der Waals surface area contributed by atoms with Crippen LogP contribution in [0.15, 0.2) is 24.3 Å². The van der Waals surface area contributed by atoms with Gasteiger partial charge in [-0.05, 0) is 42.9 Å². The predicted molar refractivity (Wildman–Crippen MR) is 93.1 cm³/mol. The van der Waals surface area contributed by atoms with Crippen molar-refractivity contribution in [1.29, 1.82) is 0 Å². The van der Waals surface area contributed by atoms with Crippen LogP contribution in [0.3, 0.4) is 0 Å². The highest BCUT2D eigenvalue weighted by molar-refractivity contribution is 7.92. The number of rotatable bonds is 4. The molecular formula is C17H24ClNO3S. The van der Waals surface area contributed by atoms with E-state index in [0.717, 1.165) is 6.42 Å². The largest absolute Gasteiger partial charge is 0.341 e. The van der Waals surface area contributed by atoms with E-state index < -0.39 is 15.1 Å². The summed E-state index contributed by atoms with van der Waals surface area (Å²) in [7, 11) is -3.56. The van der Waals surface area contributed by atoms with Crippen molar-refractivity contribution < 1.29 is 13.2 Å². The fraction of sp³-hybridized carbons (Fsp3) is 0.588. The van der Waals surface area contributed by atoms with Crippen LogP contribution in [0, 0.1) is 11.8 Å². The number of hydrogen-bond donors (Lipinski definition) is 0. The first kappa shape index (κ1) is 18.3. The maximum Gasteiger partial charge on any atom is 0.240 e. The Morgan fingerprint density at radius 2 is 1.91 bits per heavy atom. The van der Waals surface area contributed by atoms with E-state index in [0.29, 0.717) is 35.5 Å². The lowest BCUT2D eigenvalue weighted by Gasteiger charge is -2.36. The van der Waals surface area contributed by atoms with E-state index in [1.54, 1.807) is 29.2 Å². The van der Waals surface area contributed by atoms with E-state index in [2.05, 4.69) is 13.8 Å². The fourth-order valence-electron chi connectivity index (χ4n) is 3.24. The molecule has 3 atom stereocenters. The highest BCUT2D eigenvalue weighted by Gasteiger charge is 2.34. The van der Waals surface area contributed by atoms with Crippen molar-refractivity contribution in [2.75, 3.05) is 13.1 Å². The van der Waals surface area contributed by atoms with Gasteiger partial charge < -0.3 is 4.90 Å². The van der Waals surface area contributed by atoms with Gasteiger partial charge in [-0.1, -0.05) is 37.6 Å². The number of piperidine rings is 1. The maximum absolute atomic E-state index is 12.6. The second-order valence-corrected chi connectivity index (χ2v) is 9.53. The molecule has 1 fully saturated rings. The molecule has 23 heavy (non-hydrogen) atoms. The number of amides is 1. The number of sulfone groups is 1. The molecule has 128 valence electrons. The van der Waals surface area contributed by atoms with Crippen LogP contribution in [-0.4, -0.2) is 37.6 Å². The lowest BCUT2D eigenvalue weighted by Crippen LogP contribution is -2.48. The maximum atomic E-state index is 12.6. The Labute approximate surface area is 143 Å². The molecule has 0 N–H and O–H groups in total. The summed E-state index contributed by atoms with van der Waals surface area (Å²) in [5.41, 5.74) is 0.609. The van der Waals surface area contributed by atoms with Crippen LogP contribution in [0.2, 0.25) is 5.02 Å². The Morgan fingerprint density at radius 3 is 2.48 bits per heavy atom.